The van der Waals surface area contributed by atoms with Crippen molar-refractivity contribution in [2.24, 2.45) is 0 Å². The van der Waals surface area contributed by atoms with Crippen LogP contribution in [-0.4, -0.2) is 12.5 Å². The quantitative estimate of drug-likeness (QED) is 0.874. The third-order valence-electron chi connectivity index (χ3n) is 3.01. The summed E-state index contributed by atoms with van der Waals surface area (Å²) >= 11 is 0. The van der Waals surface area contributed by atoms with E-state index in [1.54, 1.807) is 24.3 Å². The Labute approximate surface area is 122 Å². The average molecular weight is 290 g/mol. The summed E-state index contributed by atoms with van der Waals surface area (Å²) in [6.07, 6.45) is 0.716. The SMILES string of the molecule is CCCN(C(=O)c1cc(F)cc(F)c1)c1ccc(N)cc1. The van der Waals surface area contributed by atoms with Gasteiger partial charge in [0.1, 0.15) is 11.6 Å². The Morgan fingerprint density at radius 2 is 1.67 bits per heavy atom. The topological polar surface area (TPSA) is 46.3 Å². The van der Waals surface area contributed by atoms with Crippen molar-refractivity contribution in [1.82, 2.24) is 0 Å². The van der Waals surface area contributed by atoms with Gasteiger partial charge in [0.05, 0.1) is 0 Å². The third kappa shape index (κ3) is 3.56. The highest BCUT2D eigenvalue weighted by molar-refractivity contribution is 6.06. The number of carbonyl (C=O) groups excluding carboxylic acids is 1. The van der Waals surface area contributed by atoms with Gasteiger partial charge in [0.2, 0.25) is 0 Å². The second-order valence-corrected chi connectivity index (χ2v) is 4.71. The van der Waals surface area contributed by atoms with Crippen molar-refractivity contribution >= 4 is 17.3 Å². The molecular formula is C16H16F2N2O. The molecule has 3 nitrogen and oxygen atoms in total. The van der Waals surface area contributed by atoms with Gasteiger partial charge in [-0.15, -0.1) is 0 Å². The van der Waals surface area contributed by atoms with E-state index in [1.807, 2.05) is 6.92 Å². The summed E-state index contributed by atoms with van der Waals surface area (Å²) in [6, 6.07) is 9.58. The van der Waals surface area contributed by atoms with Crippen LogP contribution < -0.4 is 10.6 Å². The van der Waals surface area contributed by atoms with Gasteiger partial charge in [0.25, 0.3) is 5.91 Å². The van der Waals surface area contributed by atoms with Crippen molar-refractivity contribution < 1.29 is 13.6 Å². The first kappa shape index (κ1) is 15.0. The molecule has 0 bridgehead atoms. The van der Waals surface area contributed by atoms with E-state index in [4.69, 9.17) is 5.73 Å². The summed E-state index contributed by atoms with van der Waals surface area (Å²) in [4.78, 5) is 14.0. The van der Waals surface area contributed by atoms with Gasteiger partial charge in [-0.25, -0.2) is 8.78 Å². The zero-order chi connectivity index (χ0) is 15.4. The number of hydrogen-bond acceptors (Lipinski definition) is 2. The van der Waals surface area contributed by atoms with Gasteiger partial charge < -0.3 is 10.6 Å². The summed E-state index contributed by atoms with van der Waals surface area (Å²) in [5.41, 5.74) is 6.83. The van der Waals surface area contributed by atoms with E-state index >= 15 is 0 Å². The van der Waals surface area contributed by atoms with Crippen molar-refractivity contribution in [3.8, 4) is 0 Å². The van der Waals surface area contributed by atoms with E-state index in [0.29, 0.717) is 24.3 Å². The molecule has 5 heteroatoms. The van der Waals surface area contributed by atoms with Gasteiger partial charge in [-0.3, -0.25) is 4.79 Å². The molecule has 21 heavy (non-hydrogen) atoms. The van der Waals surface area contributed by atoms with Crippen molar-refractivity contribution in [2.45, 2.75) is 13.3 Å². The molecule has 0 aromatic heterocycles. The first-order valence-electron chi connectivity index (χ1n) is 6.64. The molecule has 0 aliphatic carbocycles. The highest BCUT2D eigenvalue weighted by atomic mass is 19.1. The minimum absolute atomic E-state index is 0.0159. The molecule has 0 aliphatic heterocycles. The highest BCUT2D eigenvalue weighted by Gasteiger charge is 2.18. The lowest BCUT2D eigenvalue weighted by Gasteiger charge is -2.22. The van der Waals surface area contributed by atoms with Crippen LogP contribution in [0.15, 0.2) is 42.5 Å². The Hall–Kier alpha value is -2.43. The summed E-state index contributed by atoms with van der Waals surface area (Å²) in [5, 5.41) is 0. The predicted octanol–water partition coefficient (Wildman–Crippen LogP) is 3.60. The Balaban J connectivity index is 2.37. The van der Waals surface area contributed by atoms with E-state index in [1.165, 1.54) is 4.90 Å². The highest BCUT2D eigenvalue weighted by Crippen LogP contribution is 2.20. The average Bonchev–Trinajstić information content (AvgIpc) is 2.44. The second kappa shape index (κ2) is 6.35. The molecule has 0 unspecified atom stereocenters. The number of benzene rings is 2. The van der Waals surface area contributed by atoms with Crippen LogP contribution in [0.3, 0.4) is 0 Å². The maximum absolute atomic E-state index is 13.3. The Morgan fingerprint density at radius 3 is 2.19 bits per heavy atom. The molecule has 2 aromatic carbocycles. The fourth-order valence-corrected chi connectivity index (χ4v) is 2.06. The fraction of sp³-hybridized carbons (Fsp3) is 0.188. The van der Waals surface area contributed by atoms with Crippen LogP contribution in [-0.2, 0) is 0 Å². The molecule has 0 atom stereocenters. The molecule has 2 rings (SSSR count). The lowest BCUT2D eigenvalue weighted by Crippen LogP contribution is -2.31. The minimum Gasteiger partial charge on any atom is -0.399 e. The maximum atomic E-state index is 13.3. The van der Waals surface area contributed by atoms with Gasteiger partial charge in [-0.05, 0) is 42.8 Å². The van der Waals surface area contributed by atoms with E-state index in [-0.39, 0.29) is 5.56 Å². The lowest BCUT2D eigenvalue weighted by atomic mass is 10.1. The van der Waals surface area contributed by atoms with Crippen molar-refractivity contribution in [2.75, 3.05) is 17.2 Å². The number of nitrogen functional groups attached to an aromatic ring is 1. The van der Waals surface area contributed by atoms with E-state index in [0.717, 1.165) is 18.2 Å². The number of hydrogen-bond donors (Lipinski definition) is 1. The van der Waals surface area contributed by atoms with E-state index in [2.05, 4.69) is 0 Å². The number of nitrogens with two attached hydrogens (primary N) is 1. The maximum Gasteiger partial charge on any atom is 0.258 e. The monoisotopic (exact) mass is 290 g/mol. The molecule has 1 amide bonds. The van der Waals surface area contributed by atoms with Crippen molar-refractivity contribution in [3.05, 3.63) is 59.7 Å². The van der Waals surface area contributed by atoms with E-state index < -0.39 is 17.5 Å². The number of nitrogens with zero attached hydrogens (tertiary/aromatic N) is 1. The Kier molecular flexibility index (Phi) is 4.52. The largest absolute Gasteiger partial charge is 0.399 e. The first-order chi connectivity index (χ1) is 10.0. The number of rotatable bonds is 4. The minimum atomic E-state index is -0.771. The lowest BCUT2D eigenvalue weighted by molar-refractivity contribution is 0.0986. The van der Waals surface area contributed by atoms with E-state index in [9.17, 15) is 13.6 Å². The van der Waals surface area contributed by atoms with Crippen molar-refractivity contribution in [1.29, 1.82) is 0 Å². The molecule has 2 aromatic rings. The molecular weight excluding hydrogens is 274 g/mol. The second-order valence-electron chi connectivity index (χ2n) is 4.71. The molecule has 0 aliphatic rings. The van der Waals surface area contributed by atoms with Crippen LogP contribution in [0.5, 0.6) is 0 Å². The molecule has 0 fully saturated rings. The Morgan fingerprint density at radius 1 is 1.10 bits per heavy atom. The number of halogens is 2. The normalized spacial score (nSPS) is 10.4. The molecule has 0 saturated heterocycles. The van der Waals surface area contributed by atoms with Crippen LogP contribution in [0.25, 0.3) is 0 Å². The van der Waals surface area contributed by atoms with Gasteiger partial charge in [0, 0.05) is 29.5 Å². The third-order valence-corrected chi connectivity index (χ3v) is 3.01. The van der Waals surface area contributed by atoms with Gasteiger partial charge in [-0.2, -0.15) is 0 Å². The van der Waals surface area contributed by atoms with Gasteiger partial charge in [-0.1, -0.05) is 6.92 Å². The molecule has 0 spiro atoms. The van der Waals surface area contributed by atoms with Crippen LogP contribution >= 0.6 is 0 Å². The summed E-state index contributed by atoms with van der Waals surface area (Å²) in [7, 11) is 0. The summed E-state index contributed by atoms with van der Waals surface area (Å²) < 4.78 is 26.5. The van der Waals surface area contributed by atoms with Crippen LogP contribution in [0, 0.1) is 11.6 Å². The zero-order valence-electron chi connectivity index (χ0n) is 11.6. The van der Waals surface area contributed by atoms with Crippen LogP contribution in [0.4, 0.5) is 20.2 Å². The molecule has 0 saturated carbocycles. The van der Waals surface area contributed by atoms with Crippen LogP contribution in [0.2, 0.25) is 0 Å². The summed E-state index contributed by atoms with van der Waals surface area (Å²) in [5.74, 6) is -1.99. The number of amides is 1. The first-order valence-corrected chi connectivity index (χ1v) is 6.64. The fourth-order valence-electron chi connectivity index (χ4n) is 2.06. The standard InChI is InChI=1S/C16H16F2N2O/c1-2-7-20(15-5-3-14(19)4-6-15)16(21)11-8-12(17)10-13(18)9-11/h3-6,8-10H,2,7,19H2,1H3. The zero-order valence-corrected chi connectivity index (χ0v) is 11.6. The predicted molar refractivity (Wildman–Crippen MR) is 79.2 cm³/mol. The van der Waals surface area contributed by atoms with Crippen molar-refractivity contribution in [3.63, 3.8) is 0 Å². The Bertz CT molecular complexity index is 621. The molecule has 0 heterocycles. The van der Waals surface area contributed by atoms with Crippen LogP contribution in [0.1, 0.15) is 23.7 Å². The smallest absolute Gasteiger partial charge is 0.258 e. The molecule has 110 valence electrons. The molecule has 0 radical (unpaired) electrons. The van der Waals surface area contributed by atoms with Gasteiger partial charge in [0.15, 0.2) is 0 Å². The van der Waals surface area contributed by atoms with Gasteiger partial charge >= 0.3 is 0 Å². The number of anilines is 2. The number of carbonyl (C=O) groups is 1. The molecule has 2 N–H and O–H groups in total. The summed E-state index contributed by atoms with van der Waals surface area (Å²) in [6.45, 7) is 2.37.